The SMILES string of the molecule is C=C(OC(C)(C)C(=C)C)C(C)C1CC[C@@H](CCCC)C[C@H](F)C1. The summed E-state index contributed by atoms with van der Waals surface area (Å²) < 4.78 is 20.4. The quantitative estimate of drug-likeness (QED) is 0.270. The Morgan fingerprint density at radius 2 is 1.91 bits per heavy atom. The zero-order valence-corrected chi connectivity index (χ0v) is 16.0. The van der Waals surface area contributed by atoms with E-state index in [2.05, 4.69) is 27.0 Å². The molecular formula is C21H37FO. The normalized spacial score (nSPS) is 27.1. The molecule has 0 bridgehead atoms. The van der Waals surface area contributed by atoms with Crippen LogP contribution in [0.15, 0.2) is 24.5 Å². The predicted octanol–water partition coefficient (Wildman–Crippen LogP) is 6.84. The number of allylic oxidation sites excluding steroid dienone is 1. The summed E-state index contributed by atoms with van der Waals surface area (Å²) in [5.74, 6) is 1.87. The summed E-state index contributed by atoms with van der Waals surface area (Å²) in [7, 11) is 0. The van der Waals surface area contributed by atoms with E-state index in [1.807, 2.05) is 20.8 Å². The lowest BCUT2D eigenvalue weighted by Crippen LogP contribution is -2.28. The molecule has 2 unspecified atom stereocenters. The summed E-state index contributed by atoms with van der Waals surface area (Å²) in [6.45, 7) is 18.5. The van der Waals surface area contributed by atoms with Crippen LogP contribution in [-0.2, 0) is 4.74 Å². The van der Waals surface area contributed by atoms with E-state index in [0.29, 0.717) is 18.3 Å². The number of ether oxygens (including phenoxy) is 1. The Morgan fingerprint density at radius 3 is 2.48 bits per heavy atom. The second-order valence-corrected chi connectivity index (χ2v) is 8.06. The Kier molecular flexibility index (Phi) is 7.83. The first kappa shape index (κ1) is 20.3. The molecule has 134 valence electrons. The molecule has 0 aromatic rings. The van der Waals surface area contributed by atoms with Gasteiger partial charge in [-0.15, -0.1) is 0 Å². The Balaban J connectivity index is 2.63. The van der Waals surface area contributed by atoms with Crippen LogP contribution in [0.25, 0.3) is 0 Å². The molecular weight excluding hydrogens is 287 g/mol. The number of alkyl halides is 1. The van der Waals surface area contributed by atoms with Gasteiger partial charge in [0.15, 0.2) is 0 Å². The van der Waals surface area contributed by atoms with Crippen LogP contribution in [0.2, 0.25) is 0 Å². The molecule has 23 heavy (non-hydrogen) atoms. The molecule has 1 nitrogen and oxygen atoms in total. The average Bonchev–Trinajstić information content (AvgIpc) is 2.65. The van der Waals surface area contributed by atoms with E-state index in [1.54, 1.807) is 0 Å². The molecule has 1 rings (SSSR count). The summed E-state index contributed by atoms with van der Waals surface area (Å²) in [5.41, 5.74) is 0.573. The van der Waals surface area contributed by atoms with E-state index in [4.69, 9.17) is 4.74 Å². The fraction of sp³-hybridized carbons (Fsp3) is 0.810. The van der Waals surface area contributed by atoms with Crippen LogP contribution in [0.5, 0.6) is 0 Å². The smallest absolute Gasteiger partial charge is 0.123 e. The maximum absolute atomic E-state index is 14.4. The summed E-state index contributed by atoms with van der Waals surface area (Å²) in [6, 6.07) is 0. The van der Waals surface area contributed by atoms with E-state index < -0.39 is 11.8 Å². The minimum absolute atomic E-state index is 0.191. The van der Waals surface area contributed by atoms with Crippen molar-refractivity contribution in [2.45, 2.75) is 91.3 Å². The molecule has 1 saturated carbocycles. The van der Waals surface area contributed by atoms with E-state index in [9.17, 15) is 4.39 Å². The highest BCUT2D eigenvalue weighted by atomic mass is 19.1. The van der Waals surface area contributed by atoms with E-state index in [1.165, 1.54) is 19.3 Å². The third kappa shape index (κ3) is 6.31. The van der Waals surface area contributed by atoms with Crippen molar-refractivity contribution in [3.63, 3.8) is 0 Å². The molecule has 2 heteroatoms. The fourth-order valence-corrected chi connectivity index (χ4v) is 3.45. The maximum Gasteiger partial charge on any atom is 0.123 e. The standard InChI is InChI=1S/C21H37FO/c1-8-9-10-18-11-12-19(14-20(22)13-18)16(4)17(5)23-21(6,7)15(2)3/h16,18-20H,2,5,8-14H2,1,3-4,6-7H3/t16?,18-,19?,20+/m1/s1. The summed E-state index contributed by atoms with van der Waals surface area (Å²) in [4.78, 5) is 0. The number of unbranched alkanes of at least 4 members (excludes halogenated alkanes) is 1. The number of hydrogen-bond acceptors (Lipinski definition) is 1. The average molecular weight is 325 g/mol. The molecule has 0 amide bonds. The van der Waals surface area contributed by atoms with Crippen molar-refractivity contribution >= 4 is 0 Å². The molecule has 0 aromatic carbocycles. The lowest BCUT2D eigenvalue weighted by atomic mass is 9.85. The molecule has 0 N–H and O–H groups in total. The van der Waals surface area contributed by atoms with Gasteiger partial charge >= 0.3 is 0 Å². The topological polar surface area (TPSA) is 9.23 Å². The van der Waals surface area contributed by atoms with Crippen LogP contribution in [0, 0.1) is 17.8 Å². The second-order valence-electron chi connectivity index (χ2n) is 8.06. The minimum Gasteiger partial charge on any atom is -0.488 e. The van der Waals surface area contributed by atoms with Gasteiger partial charge in [0.1, 0.15) is 11.8 Å². The molecule has 1 aliphatic carbocycles. The van der Waals surface area contributed by atoms with Gasteiger partial charge in [0.05, 0.1) is 5.76 Å². The largest absolute Gasteiger partial charge is 0.488 e. The van der Waals surface area contributed by atoms with Gasteiger partial charge in [-0.1, -0.05) is 52.7 Å². The molecule has 0 spiro atoms. The first-order valence-electron chi connectivity index (χ1n) is 9.35. The van der Waals surface area contributed by atoms with E-state index in [0.717, 1.165) is 30.6 Å². The van der Waals surface area contributed by atoms with Crippen molar-refractivity contribution in [3.8, 4) is 0 Å². The zero-order valence-electron chi connectivity index (χ0n) is 16.0. The molecule has 0 saturated heterocycles. The van der Waals surface area contributed by atoms with Crippen LogP contribution in [-0.4, -0.2) is 11.8 Å². The Hall–Kier alpha value is -0.790. The Labute approximate surface area is 143 Å². The molecule has 1 fully saturated rings. The van der Waals surface area contributed by atoms with Crippen LogP contribution in [0.4, 0.5) is 4.39 Å². The van der Waals surface area contributed by atoms with Gasteiger partial charge in [0.25, 0.3) is 0 Å². The van der Waals surface area contributed by atoms with Crippen LogP contribution < -0.4 is 0 Å². The van der Waals surface area contributed by atoms with Crippen LogP contribution in [0.1, 0.15) is 79.6 Å². The number of halogens is 1. The van der Waals surface area contributed by atoms with Crippen LogP contribution >= 0.6 is 0 Å². The highest BCUT2D eigenvalue weighted by molar-refractivity contribution is 5.09. The molecule has 1 aliphatic rings. The van der Waals surface area contributed by atoms with Crippen molar-refractivity contribution in [3.05, 3.63) is 24.5 Å². The third-order valence-electron chi connectivity index (χ3n) is 5.69. The van der Waals surface area contributed by atoms with Crippen molar-refractivity contribution in [2.24, 2.45) is 17.8 Å². The molecule has 0 aromatic heterocycles. The number of rotatable bonds is 8. The number of hydrogen-bond donors (Lipinski definition) is 0. The van der Waals surface area contributed by atoms with Gasteiger partial charge < -0.3 is 4.74 Å². The van der Waals surface area contributed by atoms with E-state index in [-0.39, 0.29) is 5.92 Å². The van der Waals surface area contributed by atoms with Gasteiger partial charge in [0, 0.05) is 5.92 Å². The van der Waals surface area contributed by atoms with Crippen molar-refractivity contribution in [1.29, 1.82) is 0 Å². The van der Waals surface area contributed by atoms with Crippen molar-refractivity contribution < 1.29 is 9.13 Å². The highest BCUT2D eigenvalue weighted by Gasteiger charge is 2.32. The van der Waals surface area contributed by atoms with Gasteiger partial charge in [-0.05, 0) is 57.4 Å². The Bertz CT molecular complexity index is 399. The maximum atomic E-state index is 14.4. The van der Waals surface area contributed by atoms with Gasteiger partial charge in [0.2, 0.25) is 0 Å². The molecule has 0 radical (unpaired) electrons. The Morgan fingerprint density at radius 1 is 1.26 bits per heavy atom. The summed E-state index contributed by atoms with van der Waals surface area (Å²) >= 11 is 0. The predicted molar refractivity (Wildman–Crippen MR) is 98.2 cm³/mol. The van der Waals surface area contributed by atoms with Gasteiger partial charge in [-0.2, -0.15) is 0 Å². The van der Waals surface area contributed by atoms with Gasteiger partial charge in [-0.3, -0.25) is 0 Å². The van der Waals surface area contributed by atoms with Crippen molar-refractivity contribution in [1.82, 2.24) is 0 Å². The monoisotopic (exact) mass is 324 g/mol. The molecule has 0 aliphatic heterocycles. The van der Waals surface area contributed by atoms with Crippen molar-refractivity contribution in [2.75, 3.05) is 0 Å². The first-order valence-corrected chi connectivity index (χ1v) is 9.35. The second kappa shape index (κ2) is 8.89. The zero-order chi connectivity index (χ0) is 17.6. The van der Waals surface area contributed by atoms with E-state index >= 15 is 0 Å². The minimum atomic E-state index is -0.672. The van der Waals surface area contributed by atoms with Gasteiger partial charge in [-0.25, -0.2) is 4.39 Å². The lowest BCUT2D eigenvalue weighted by molar-refractivity contribution is 0.0398. The van der Waals surface area contributed by atoms with Crippen LogP contribution in [0.3, 0.4) is 0 Å². The first-order chi connectivity index (χ1) is 10.7. The summed E-state index contributed by atoms with van der Waals surface area (Å²) in [6.07, 6.45) is 6.56. The fourth-order valence-electron chi connectivity index (χ4n) is 3.45. The molecule has 4 atom stereocenters. The lowest BCUT2D eigenvalue weighted by Gasteiger charge is -2.33. The third-order valence-corrected chi connectivity index (χ3v) is 5.69. The summed E-state index contributed by atoms with van der Waals surface area (Å²) in [5, 5.41) is 0. The molecule has 0 heterocycles. The highest BCUT2D eigenvalue weighted by Crippen LogP contribution is 2.38.